The predicted molar refractivity (Wildman–Crippen MR) is 101 cm³/mol. The Labute approximate surface area is 148 Å². The molecule has 0 radical (unpaired) electrons. The van der Waals surface area contributed by atoms with Gasteiger partial charge >= 0.3 is 7.12 Å². The van der Waals surface area contributed by atoms with Gasteiger partial charge in [-0.05, 0) is 48.4 Å². The van der Waals surface area contributed by atoms with E-state index in [2.05, 4.69) is 36.1 Å². The highest BCUT2D eigenvalue weighted by molar-refractivity contribution is 6.47. The zero-order valence-corrected chi connectivity index (χ0v) is 13.8. The first-order valence-electron chi connectivity index (χ1n) is 8.45. The molecule has 0 spiro atoms. The summed E-state index contributed by atoms with van der Waals surface area (Å²) in [4.78, 5) is 0. The number of benzene rings is 3. The van der Waals surface area contributed by atoms with Gasteiger partial charge in [-0.3, -0.25) is 0 Å². The van der Waals surface area contributed by atoms with Gasteiger partial charge in [0.1, 0.15) is 11.5 Å². The third kappa shape index (κ3) is 3.87. The van der Waals surface area contributed by atoms with Crippen molar-refractivity contribution in [3.8, 4) is 23.3 Å². The van der Waals surface area contributed by atoms with Crippen LogP contribution in [0, 0.1) is 11.8 Å². The minimum atomic E-state index is -0.199. The minimum absolute atomic E-state index is 0.199. The first kappa shape index (κ1) is 15.4. The Hall–Kier alpha value is -3.12. The SMILES string of the molecule is C(#Cc1ccc(CCB2Oc3ccccc3O2)cc1)c1ccccc1. The molecule has 120 valence electrons. The maximum Gasteiger partial charge on any atom is 0.595 e. The van der Waals surface area contributed by atoms with Gasteiger partial charge in [0.25, 0.3) is 0 Å². The Morgan fingerprint density at radius 3 is 1.84 bits per heavy atom. The fourth-order valence-electron chi connectivity index (χ4n) is 2.78. The molecule has 1 aliphatic rings. The lowest BCUT2D eigenvalue weighted by molar-refractivity contribution is 0.496. The summed E-state index contributed by atoms with van der Waals surface area (Å²) < 4.78 is 11.6. The molecule has 3 heteroatoms. The van der Waals surface area contributed by atoms with E-state index in [0.717, 1.165) is 35.4 Å². The van der Waals surface area contributed by atoms with E-state index in [1.165, 1.54) is 5.56 Å². The van der Waals surface area contributed by atoms with E-state index in [1.807, 2.05) is 54.6 Å². The second kappa shape index (κ2) is 7.19. The molecule has 0 amide bonds. The molecule has 0 aliphatic carbocycles. The van der Waals surface area contributed by atoms with Crippen LogP contribution in [0.25, 0.3) is 0 Å². The zero-order chi connectivity index (χ0) is 16.9. The van der Waals surface area contributed by atoms with Crippen molar-refractivity contribution in [1.29, 1.82) is 0 Å². The summed E-state index contributed by atoms with van der Waals surface area (Å²) in [7, 11) is -0.199. The molecule has 0 aromatic heterocycles. The smallest absolute Gasteiger partial charge is 0.523 e. The summed E-state index contributed by atoms with van der Waals surface area (Å²) in [6.07, 6.45) is 1.73. The monoisotopic (exact) mass is 324 g/mol. The Kier molecular flexibility index (Phi) is 4.43. The van der Waals surface area contributed by atoms with E-state index in [9.17, 15) is 0 Å². The van der Waals surface area contributed by atoms with Crippen LogP contribution in [0.3, 0.4) is 0 Å². The second-order valence-electron chi connectivity index (χ2n) is 5.96. The van der Waals surface area contributed by atoms with Crippen LogP contribution in [-0.4, -0.2) is 7.12 Å². The molecule has 0 N–H and O–H groups in total. The first-order valence-corrected chi connectivity index (χ1v) is 8.45. The largest absolute Gasteiger partial charge is 0.595 e. The summed E-state index contributed by atoms with van der Waals surface area (Å²) in [6, 6.07) is 26.2. The number of para-hydroxylation sites is 2. The summed E-state index contributed by atoms with van der Waals surface area (Å²) in [5.41, 5.74) is 3.31. The molecule has 0 bridgehead atoms. The minimum Gasteiger partial charge on any atom is -0.523 e. The normalized spacial score (nSPS) is 11.8. The number of rotatable bonds is 3. The van der Waals surface area contributed by atoms with Crippen molar-refractivity contribution < 1.29 is 9.31 Å². The Morgan fingerprint density at radius 2 is 1.20 bits per heavy atom. The standard InChI is InChI=1S/C22H17BO2/c1-2-6-18(7-3-1)10-11-19-12-14-20(15-13-19)16-17-23-24-21-8-4-5-9-22(21)25-23/h1-9,12-15H,16-17H2. The molecule has 3 aromatic rings. The van der Waals surface area contributed by atoms with Crippen LogP contribution >= 0.6 is 0 Å². The fraction of sp³-hybridized carbons (Fsp3) is 0.0909. The van der Waals surface area contributed by atoms with E-state index in [4.69, 9.17) is 9.31 Å². The molecule has 25 heavy (non-hydrogen) atoms. The van der Waals surface area contributed by atoms with Gasteiger partial charge in [-0.25, -0.2) is 0 Å². The van der Waals surface area contributed by atoms with Crippen molar-refractivity contribution in [2.75, 3.05) is 0 Å². The zero-order valence-electron chi connectivity index (χ0n) is 13.8. The average Bonchev–Trinajstić information content (AvgIpc) is 3.09. The van der Waals surface area contributed by atoms with Crippen LogP contribution in [0.4, 0.5) is 0 Å². The lowest BCUT2D eigenvalue weighted by Crippen LogP contribution is -2.24. The van der Waals surface area contributed by atoms with Gasteiger partial charge in [-0.2, -0.15) is 0 Å². The van der Waals surface area contributed by atoms with Gasteiger partial charge in [-0.15, -0.1) is 0 Å². The number of hydrogen-bond acceptors (Lipinski definition) is 2. The molecule has 0 unspecified atom stereocenters. The van der Waals surface area contributed by atoms with Crippen LogP contribution in [0.1, 0.15) is 16.7 Å². The Bertz CT molecular complexity index is 883. The van der Waals surface area contributed by atoms with E-state index in [1.54, 1.807) is 0 Å². The molecule has 3 aromatic carbocycles. The van der Waals surface area contributed by atoms with Gasteiger partial charge < -0.3 is 9.31 Å². The maximum absolute atomic E-state index is 5.80. The van der Waals surface area contributed by atoms with Crippen molar-refractivity contribution in [3.05, 3.63) is 95.6 Å². The van der Waals surface area contributed by atoms with Gasteiger partial charge in [0, 0.05) is 17.4 Å². The Morgan fingerprint density at radius 1 is 0.640 bits per heavy atom. The molecule has 1 aliphatic heterocycles. The fourth-order valence-corrected chi connectivity index (χ4v) is 2.78. The highest BCUT2D eigenvalue weighted by Crippen LogP contribution is 2.33. The van der Waals surface area contributed by atoms with Crippen molar-refractivity contribution in [3.63, 3.8) is 0 Å². The second-order valence-corrected chi connectivity index (χ2v) is 5.96. The van der Waals surface area contributed by atoms with Crippen molar-refractivity contribution in [2.24, 2.45) is 0 Å². The summed E-state index contributed by atoms with van der Waals surface area (Å²) in [5.74, 6) is 8.04. The molecule has 1 heterocycles. The van der Waals surface area contributed by atoms with Gasteiger partial charge in [0.05, 0.1) is 0 Å². The third-order valence-electron chi connectivity index (χ3n) is 4.11. The third-order valence-corrected chi connectivity index (χ3v) is 4.11. The van der Waals surface area contributed by atoms with Gasteiger partial charge in [0.15, 0.2) is 0 Å². The molecule has 0 saturated heterocycles. The predicted octanol–water partition coefficient (Wildman–Crippen LogP) is 4.59. The number of aryl methyl sites for hydroxylation is 1. The van der Waals surface area contributed by atoms with Crippen molar-refractivity contribution in [2.45, 2.75) is 12.7 Å². The summed E-state index contributed by atoms with van der Waals surface area (Å²) in [6.45, 7) is 0. The van der Waals surface area contributed by atoms with Crippen LogP contribution in [0.5, 0.6) is 11.5 Å². The molecule has 0 saturated carbocycles. The Balaban J connectivity index is 1.33. The van der Waals surface area contributed by atoms with Crippen molar-refractivity contribution >= 4 is 7.12 Å². The number of hydrogen-bond donors (Lipinski definition) is 0. The highest BCUT2D eigenvalue weighted by atomic mass is 16.6. The molecule has 0 atom stereocenters. The molecule has 4 rings (SSSR count). The van der Waals surface area contributed by atoms with Gasteiger partial charge in [0.2, 0.25) is 0 Å². The summed E-state index contributed by atoms with van der Waals surface area (Å²) >= 11 is 0. The first-order chi connectivity index (χ1) is 12.4. The molecular weight excluding hydrogens is 307 g/mol. The van der Waals surface area contributed by atoms with E-state index < -0.39 is 0 Å². The molecule has 0 fully saturated rings. The summed E-state index contributed by atoms with van der Waals surface area (Å²) in [5, 5.41) is 0. The van der Waals surface area contributed by atoms with Crippen LogP contribution in [0.2, 0.25) is 6.32 Å². The van der Waals surface area contributed by atoms with E-state index >= 15 is 0 Å². The maximum atomic E-state index is 5.80. The van der Waals surface area contributed by atoms with Crippen LogP contribution < -0.4 is 9.31 Å². The van der Waals surface area contributed by atoms with Crippen LogP contribution in [0.15, 0.2) is 78.9 Å². The molecular formula is C22H17BO2. The van der Waals surface area contributed by atoms with Crippen LogP contribution in [-0.2, 0) is 6.42 Å². The lowest BCUT2D eigenvalue weighted by atomic mass is 9.81. The van der Waals surface area contributed by atoms with E-state index in [-0.39, 0.29) is 7.12 Å². The van der Waals surface area contributed by atoms with Gasteiger partial charge in [-0.1, -0.05) is 54.3 Å². The lowest BCUT2D eigenvalue weighted by Gasteiger charge is -2.05. The highest BCUT2D eigenvalue weighted by Gasteiger charge is 2.30. The van der Waals surface area contributed by atoms with Crippen molar-refractivity contribution in [1.82, 2.24) is 0 Å². The molecule has 2 nitrogen and oxygen atoms in total. The number of fused-ring (bicyclic) bond motifs is 1. The average molecular weight is 324 g/mol. The topological polar surface area (TPSA) is 18.5 Å². The van der Waals surface area contributed by atoms with E-state index in [0.29, 0.717) is 0 Å². The quantitative estimate of drug-likeness (QED) is 0.518.